The Bertz CT molecular complexity index is 381. The summed E-state index contributed by atoms with van der Waals surface area (Å²) in [5, 5.41) is 13.1. The number of hydrogen-bond acceptors (Lipinski definition) is 2. The largest absolute Gasteiger partial charge is 0.393 e. The van der Waals surface area contributed by atoms with E-state index in [9.17, 15) is 5.11 Å². The number of aliphatic hydroxyl groups excluding tert-OH is 1. The van der Waals surface area contributed by atoms with E-state index >= 15 is 0 Å². The van der Waals surface area contributed by atoms with Gasteiger partial charge in [0.1, 0.15) is 0 Å². The van der Waals surface area contributed by atoms with E-state index in [2.05, 4.69) is 37.4 Å². The summed E-state index contributed by atoms with van der Waals surface area (Å²) in [5.41, 5.74) is 4.19. The van der Waals surface area contributed by atoms with E-state index in [0.29, 0.717) is 6.04 Å². The van der Waals surface area contributed by atoms with Crippen molar-refractivity contribution in [3.05, 3.63) is 34.9 Å². The monoisotopic (exact) mass is 247 g/mol. The van der Waals surface area contributed by atoms with Crippen LogP contribution in [0.1, 0.15) is 42.4 Å². The molecule has 0 heterocycles. The second kappa shape index (κ2) is 6.35. The Hall–Kier alpha value is -0.860. The molecule has 2 heteroatoms. The summed E-state index contributed by atoms with van der Waals surface area (Å²) in [4.78, 5) is 0. The highest BCUT2D eigenvalue weighted by Crippen LogP contribution is 2.18. The van der Waals surface area contributed by atoms with Gasteiger partial charge >= 0.3 is 0 Å². The zero-order valence-electron chi connectivity index (χ0n) is 11.6. The van der Waals surface area contributed by atoms with Gasteiger partial charge in [-0.3, -0.25) is 0 Å². The highest BCUT2D eigenvalue weighted by molar-refractivity contribution is 5.30. The van der Waals surface area contributed by atoms with Gasteiger partial charge in [0.25, 0.3) is 0 Å². The lowest BCUT2D eigenvalue weighted by molar-refractivity contribution is 0.117. The Kier molecular flexibility index (Phi) is 4.79. The molecule has 2 N–H and O–H groups in total. The lowest BCUT2D eigenvalue weighted by atomic mass is 9.93. The van der Waals surface area contributed by atoms with Crippen molar-refractivity contribution in [2.45, 2.75) is 58.1 Å². The molecule has 1 aliphatic carbocycles. The van der Waals surface area contributed by atoms with Crippen molar-refractivity contribution in [2.24, 2.45) is 0 Å². The lowest BCUT2D eigenvalue weighted by Gasteiger charge is -2.26. The number of rotatable bonds is 4. The van der Waals surface area contributed by atoms with E-state index < -0.39 is 0 Å². The van der Waals surface area contributed by atoms with Gasteiger partial charge in [-0.2, -0.15) is 0 Å². The normalized spacial score (nSPS) is 24.2. The molecule has 2 rings (SSSR count). The summed E-state index contributed by atoms with van der Waals surface area (Å²) >= 11 is 0. The second-order valence-electron chi connectivity index (χ2n) is 5.64. The van der Waals surface area contributed by atoms with Crippen molar-refractivity contribution < 1.29 is 5.11 Å². The number of aryl methyl sites for hydroxylation is 2. The van der Waals surface area contributed by atoms with Crippen LogP contribution >= 0.6 is 0 Å². The highest BCUT2D eigenvalue weighted by atomic mass is 16.3. The predicted molar refractivity (Wildman–Crippen MR) is 75.9 cm³/mol. The molecule has 1 aromatic carbocycles. The maximum absolute atomic E-state index is 9.46. The van der Waals surface area contributed by atoms with Gasteiger partial charge in [-0.15, -0.1) is 0 Å². The third-order valence-electron chi connectivity index (χ3n) is 4.02. The Morgan fingerprint density at radius 1 is 1.17 bits per heavy atom. The molecule has 0 aromatic heterocycles. The first-order chi connectivity index (χ1) is 8.65. The maximum atomic E-state index is 9.46. The SMILES string of the molecule is Cc1ccc(CCNC2CCC(O)CC2)c(C)c1. The first kappa shape index (κ1) is 13.6. The van der Waals surface area contributed by atoms with Crippen molar-refractivity contribution in [2.75, 3.05) is 6.54 Å². The van der Waals surface area contributed by atoms with Crippen LogP contribution in [0.5, 0.6) is 0 Å². The second-order valence-corrected chi connectivity index (χ2v) is 5.64. The Morgan fingerprint density at radius 2 is 1.89 bits per heavy atom. The third kappa shape index (κ3) is 3.82. The van der Waals surface area contributed by atoms with Crippen LogP contribution in [0.25, 0.3) is 0 Å². The Balaban J connectivity index is 1.75. The van der Waals surface area contributed by atoms with Gasteiger partial charge in [-0.1, -0.05) is 23.8 Å². The van der Waals surface area contributed by atoms with Crippen molar-refractivity contribution in [3.8, 4) is 0 Å². The summed E-state index contributed by atoms with van der Waals surface area (Å²) in [6.07, 6.45) is 5.21. The van der Waals surface area contributed by atoms with Crippen LogP contribution in [0.3, 0.4) is 0 Å². The van der Waals surface area contributed by atoms with Crippen LogP contribution in [0.15, 0.2) is 18.2 Å². The lowest BCUT2D eigenvalue weighted by Crippen LogP contribution is -2.35. The molecule has 1 aliphatic rings. The van der Waals surface area contributed by atoms with Gasteiger partial charge in [-0.25, -0.2) is 0 Å². The molecule has 0 saturated heterocycles. The first-order valence-corrected chi connectivity index (χ1v) is 7.13. The molecule has 2 nitrogen and oxygen atoms in total. The summed E-state index contributed by atoms with van der Waals surface area (Å²) in [6.45, 7) is 5.38. The molecular formula is C16H25NO. The fourth-order valence-corrected chi connectivity index (χ4v) is 2.82. The number of nitrogens with one attached hydrogen (secondary N) is 1. The smallest absolute Gasteiger partial charge is 0.0541 e. The molecule has 100 valence electrons. The van der Waals surface area contributed by atoms with E-state index in [1.54, 1.807) is 0 Å². The fourth-order valence-electron chi connectivity index (χ4n) is 2.82. The van der Waals surface area contributed by atoms with Crippen LogP contribution < -0.4 is 5.32 Å². The molecule has 0 atom stereocenters. The quantitative estimate of drug-likeness (QED) is 0.857. The summed E-state index contributed by atoms with van der Waals surface area (Å²) in [7, 11) is 0. The van der Waals surface area contributed by atoms with Gasteiger partial charge in [0.2, 0.25) is 0 Å². The standard InChI is InChI=1S/C16H25NO/c1-12-3-4-14(13(2)11-12)9-10-17-15-5-7-16(18)8-6-15/h3-4,11,15-18H,5-10H2,1-2H3. The molecule has 0 unspecified atom stereocenters. The van der Waals surface area contributed by atoms with Gasteiger partial charge in [0.05, 0.1) is 6.10 Å². The molecule has 18 heavy (non-hydrogen) atoms. The van der Waals surface area contributed by atoms with E-state index in [0.717, 1.165) is 38.6 Å². The Labute approximate surface area is 110 Å². The molecule has 0 radical (unpaired) electrons. The van der Waals surface area contributed by atoms with Gasteiger partial charge in [-0.05, 0) is 63.6 Å². The maximum Gasteiger partial charge on any atom is 0.0541 e. The van der Waals surface area contributed by atoms with Gasteiger partial charge < -0.3 is 10.4 Å². The minimum absolute atomic E-state index is 0.0533. The van der Waals surface area contributed by atoms with E-state index in [1.807, 2.05) is 0 Å². The molecule has 0 aliphatic heterocycles. The molecular weight excluding hydrogens is 222 g/mol. The zero-order valence-corrected chi connectivity index (χ0v) is 11.6. The molecule has 1 aromatic rings. The average molecular weight is 247 g/mol. The summed E-state index contributed by atoms with van der Waals surface area (Å²) < 4.78 is 0. The first-order valence-electron chi connectivity index (χ1n) is 7.13. The van der Waals surface area contributed by atoms with Crippen molar-refractivity contribution in [1.29, 1.82) is 0 Å². The summed E-state index contributed by atoms with van der Waals surface area (Å²) in [6, 6.07) is 7.31. The topological polar surface area (TPSA) is 32.3 Å². The van der Waals surface area contributed by atoms with Crippen LogP contribution in [0.4, 0.5) is 0 Å². The molecule has 0 amide bonds. The van der Waals surface area contributed by atoms with E-state index in [4.69, 9.17) is 0 Å². The van der Waals surface area contributed by atoms with Crippen LogP contribution in [-0.4, -0.2) is 23.8 Å². The predicted octanol–water partition coefficient (Wildman–Crippen LogP) is 2.74. The zero-order chi connectivity index (χ0) is 13.0. The van der Waals surface area contributed by atoms with Crippen molar-refractivity contribution >= 4 is 0 Å². The number of hydrogen-bond donors (Lipinski definition) is 2. The average Bonchev–Trinajstić information content (AvgIpc) is 2.34. The Morgan fingerprint density at radius 3 is 2.56 bits per heavy atom. The van der Waals surface area contributed by atoms with Gasteiger partial charge in [0.15, 0.2) is 0 Å². The minimum Gasteiger partial charge on any atom is -0.393 e. The molecule has 0 spiro atoms. The fraction of sp³-hybridized carbons (Fsp3) is 0.625. The van der Waals surface area contributed by atoms with E-state index in [1.165, 1.54) is 16.7 Å². The van der Waals surface area contributed by atoms with Crippen molar-refractivity contribution in [1.82, 2.24) is 5.32 Å². The molecule has 1 fully saturated rings. The molecule has 0 bridgehead atoms. The van der Waals surface area contributed by atoms with E-state index in [-0.39, 0.29) is 6.10 Å². The number of aliphatic hydroxyl groups is 1. The summed E-state index contributed by atoms with van der Waals surface area (Å²) in [5.74, 6) is 0. The third-order valence-corrected chi connectivity index (χ3v) is 4.02. The van der Waals surface area contributed by atoms with Crippen LogP contribution in [0.2, 0.25) is 0 Å². The molecule has 1 saturated carbocycles. The van der Waals surface area contributed by atoms with Crippen molar-refractivity contribution in [3.63, 3.8) is 0 Å². The van der Waals surface area contributed by atoms with Crippen LogP contribution in [-0.2, 0) is 6.42 Å². The van der Waals surface area contributed by atoms with Crippen LogP contribution in [0, 0.1) is 13.8 Å². The number of benzene rings is 1. The highest BCUT2D eigenvalue weighted by Gasteiger charge is 2.18. The van der Waals surface area contributed by atoms with Gasteiger partial charge in [0, 0.05) is 6.04 Å². The minimum atomic E-state index is -0.0533.